The quantitative estimate of drug-likeness (QED) is 0.600. The molecule has 5 nitrogen and oxygen atoms in total. The monoisotopic (exact) mass is 249 g/mol. The van der Waals surface area contributed by atoms with E-state index in [1.54, 1.807) is 0 Å². The van der Waals surface area contributed by atoms with Crippen LogP contribution in [0.25, 0.3) is 0 Å². The van der Waals surface area contributed by atoms with Crippen LogP contribution in [0.5, 0.6) is 0 Å². The number of ether oxygens (including phenoxy) is 1. The van der Waals surface area contributed by atoms with Gasteiger partial charge in [0.1, 0.15) is 6.10 Å². The molecule has 0 aliphatic heterocycles. The van der Waals surface area contributed by atoms with Crippen LogP contribution in [0.1, 0.15) is 11.7 Å². The lowest BCUT2D eigenvalue weighted by Crippen LogP contribution is -2.29. The molecule has 7 heteroatoms. The van der Waals surface area contributed by atoms with Crippen molar-refractivity contribution in [3.8, 4) is 0 Å². The number of methoxy groups -OCH3 is 1. The van der Waals surface area contributed by atoms with E-state index in [0.717, 1.165) is 19.4 Å². The molecule has 1 rings (SSSR count). The number of halogens is 2. The Morgan fingerprint density at radius 1 is 1.62 bits per heavy atom. The number of pyridine rings is 1. The van der Waals surface area contributed by atoms with Crippen molar-refractivity contribution in [1.29, 1.82) is 0 Å². The second kappa shape index (κ2) is 5.20. The Balaban J connectivity index is 3.00. The van der Waals surface area contributed by atoms with Crippen LogP contribution in [0.3, 0.4) is 0 Å². The largest absolute Gasteiger partial charge is 0.467 e. The van der Waals surface area contributed by atoms with Gasteiger partial charge >= 0.3 is 5.97 Å². The fourth-order valence-electron chi connectivity index (χ4n) is 1.08. The van der Waals surface area contributed by atoms with Gasteiger partial charge in [-0.1, -0.05) is 11.6 Å². The zero-order valence-electron chi connectivity index (χ0n) is 8.22. The zero-order chi connectivity index (χ0) is 12.3. The summed E-state index contributed by atoms with van der Waals surface area (Å²) in [6.45, 7) is 0. The highest BCUT2D eigenvalue weighted by molar-refractivity contribution is 6.29. The molecule has 0 bridgehead atoms. The van der Waals surface area contributed by atoms with Crippen molar-refractivity contribution in [3.63, 3.8) is 0 Å². The fourth-order valence-corrected chi connectivity index (χ4v) is 1.25. The molecule has 0 aliphatic carbocycles. The first kappa shape index (κ1) is 12.8. The lowest BCUT2D eigenvalue weighted by Gasteiger charge is -2.16. The van der Waals surface area contributed by atoms with Crippen LogP contribution in [-0.2, 0) is 9.53 Å². The van der Waals surface area contributed by atoms with Crippen LogP contribution in [0.4, 0.5) is 4.39 Å². The Bertz CT molecular complexity index is 401. The molecular formula is C9H9ClFNO4. The molecule has 2 atom stereocenters. The molecule has 16 heavy (non-hydrogen) atoms. The van der Waals surface area contributed by atoms with Gasteiger partial charge in [0.05, 0.1) is 7.11 Å². The van der Waals surface area contributed by atoms with Gasteiger partial charge in [0.15, 0.2) is 17.1 Å². The molecule has 0 fully saturated rings. The van der Waals surface area contributed by atoms with Gasteiger partial charge in [0.25, 0.3) is 0 Å². The Morgan fingerprint density at radius 3 is 2.81 bits per heavy atom. The average molecular weight is 250 g/mol. The number of hydrogen-bond acceptors (Lipinski definition) is 5. The maximum absolute atomic E-state index is 13.4. The van der Waals surface area contributed by atoms with Crippen molar-refractivity contribution < 1.29 is 24.1 Å². The highest BCUT2D eigenvalue weighted by Crippen LogP contribution is 2.24. The SMILES string of the molecule is COC(=O)C(O)C(O)c1ccnc(Cl)c1F. The maximum Gasteiger partial charge on any atom is 0.337 e. The molecule has 1 aromatic rings. The van der Waals surface area contributed by atoms with Gasteiger partial charge in [-0.15, -0.1) is 0 Å². The first-order valence-corrected chi connectivity index (χ1v) is 4.60. The predicted octanol–water partition coefficient (Wildman–Crippen LogP) is 0.441. The third-order valence-corrected chi connectivity index (χ3v) is 2.20. The van der Waals surface area contributed by atoms with E-state index in [2.05, 4.69) is 9.72 Å². The molecule has 2 N–H and O–H groups in total. The van der Waals surface area contributed by atoms with Gasteiger partial charge in [0.2, 0.25) is 0 Å². The van der Waals surface area contributed by atoms with Crippen molar-refractivity contribution in [1.82, 2.24) is 4.98 Å². The van der Waals surface area contributed by atoms with Crippen molar-refractivity contribution in [2.24, 2.45) is 0 Å². The van der Waals surface area contributed by atoms with E-state index in [1.165, 1.54) is 0 Å². The molecular weight excluding hydrogens is 241 g/mol. The third-order valence-electron chi connectivity index (χ3n) is 1.94. The molecule has 1 heterocycles. The molecule has 88 valence electrons. The molecule has 0 radical (unpaired) electrons. The first-order chi connectivity index (χ1) is 7.49. The number of carbonyl (C=O) groups excluding carboxylic acids is 1. The molecule has 0 saturated carbocycles. The summed E-state index contributed by atoms with van der Waals surface area (Å²) in [5.74, 6) is -2.06. The van der Waals surface area contributed by atoms with Crippen LogP contribution in [0.15, 0.2) is 12.3 Å². The zero-order valence-corrected chi connectivity index (χ0v) is 8.98. The van der Waals surface area contributed by atoms with Crippen molar-refractivity contribution in [3.05, 3.63) is 28.8 Å². The Hall–Kier alpha value is -1.24. The summed E-state index contributed by atoms with van der Waals surface area (Å²) in [6.07, 6.45) is -2.49. The van der Waals surface area contributed by atoms with E-state index in [1.807, 2.05) is 0 Å². The van der Waals surface area contributed by atoms with Crippen LogP contribution < -0.4 is 0 Å². The second-order valence-corrected chi connectivity index (χ2v) is 3.28. The smallest absolute Gasteiger partial charge is 0.337 e. The van der Waals surface area contributed by atoms with E-state index in [-0.39, 0.29) is 5.56 Å². The molecule has 1 aromatic heterocycles. The number of nitrogens with zero attached hydrogens (tertiary/aromatic N) is 1. The highest BCUT2D eigenvalue weighted by atomic mass is 35.5. The summed E-state index contributed by atoms with van der Waals surface area (Å²) in [5, 5.41) is 18.4. The first-order valence-electron chi connectivity index (χ1n) is 4.23. The third kappa shape index (κ3) is 2.46. The Kier molecular flexibility index (Phi) is 4.17. The van der Waals surface area contributed by atoms with Gasteiger partial charge < -0.3 is 14.9 Å². The van der Waals surface area contributed by atoms with Gasteiger partial charge in [-0.05, 0) is 6.07 Å². The number of aliphatic hydroxyl groups is 2. The van der Waals surface area contributed by atoms with E-state index < -0.39 is 29.1 Å². The highest BCUT2D eigenvalue weighted by Gasteiger charge is 2.29. The maximum atomic E-state index is 13.4. The van der Waals surface area contributed by atoms with E-state index in [0.29, 0.717) is 0 Å². The normalized spacial score (nSPS) is 14.3. The van der Waals surface area contributed by atoms with Crippen LogP contribution in [-0.4, -0.2) is 34.4 Å². The van der Waals surface area contributed by atoms with Gasteiger partial charge in [-0.3, -0.25) is 0 Å². The minimum absolute atomic E-state index is 0.321. The molecule has 0 aromatic carbocycles. The number of aromatic nitrogens is 1. The van der Waals surface area contributed by atoms with Crippen molar-refractivity contribution in [2.75, 3.05) is 7.11 Å². The Morgan fingerprint density at radius 2 is 2.25 bits per heavy atom. The summed E-state index contributed by atoms with van der Waals surface area (Å²) < 4.78 is 17.6. The number of rotatable bonds is 3. The van der Waals surface area contributed by atoms with Crippen LogP contribution >= 0.6 is 11.6 Å². The molecule has 0 amide bonds. The van der Waals surface area contributed by atoms with E-state index >= 15 is 0 Å². The second-order valence-electron chi connectivity index (χ2n) is 2.92. The lowest BCUT2D eigenvalue weighted by molar-refractivity contribution is -0.156. The van der Waals surface area contributed by atoms with Gasteiger partial charge in [-0.25, -0.2) is 14.2 Å². The number of esters is 1. The molecule has 0 spiro atoms. The summed E-state index contributed by atoms with van der Waals surface area (Å²) in [5.41, 5.74) is -0.321. The average Bonchev–Trinajstić information content (AvgIpc) is 2.29. The fraction of sp³-hybridized carbons (Fsp3) is 0.333. The summed E-state index contributed by atoms with van der Waals surface area (Å²) in [7, 11) is 1.04. The summed E-state index contributed by atoms with van der Waals surface area (Å²) in [6, 6.07) is 1.11. The summed E-state index contributed by atoms with van der Waals surface area (Å²) in [4.78, 5) is 14.3. The molecule has 2 unspecified atom stereocenters. The van der Waals surface area contributed by atoms with Gasteiger partial charge in [0, 0.05) is 11.8 Å². The number of carbonyl (C=O) groups is 1. The van der Waals surface area contributed by atoms with E-state index in [4.69, 9.17) is 11.6 Å². The lowest BCUT2D eigenvalue weighted by atomic mass is 10.1. The van der Waals surface area contributed by atoms with E-state index in [9.17, 15) is 19.4 Å². The minimum atomic E-state index is -1.88. The number of aliphatic hydroxyl groups excluding tert-OH is 2. The van der Waals surface area contributed by atoms with Crippen molar-refractivity contribution >= 4 is 17.6 Å². The number of hydrogen-bond donors (Lipinski definition) is 2. The predicted molar refractivity (Wildman–Crippen MR) is 52.2 cm³/mol. The minimum Gasteiger partial charge on any atom is -0.467 e. The molecule has 0 saturated heterocycles. The standard InChI is InChI=1S/C9H9ClFNO4/c1-16-9(15)7(14)6(13)4-2-3-12-8(10)5(4)11/h2-3,6-7,13-14H,1H3. The van der Waals surface area contributed by atoms with Gasteiger partial charge in [-0.2, -0.15) is 0 Å². The molecule has 0 aliphatic rings. The van der Waals surface area contributed by atoms with Crippen LogP contribution in [0, 0.1) is 5.82 Å². The topological polar surface area (TPSA) is 79.7 Å². The van der Waals surface area contributed by atoms with Crippen molar-refractivity contribution in [2.45, 2.75) is 12.2 Å². The Labute approximate surface area is 95.4 Å². The summed E-state index contributed by atoms with van der Waals surface area (Å²) >= 11 is 5.38. The van der Waals surface area contributed by atoms with Crippen LogP contribution in [0.2, 0.25) is 5.15 Å².